The molecule has 0 saturated carbocycles. The number of aliphatic hydroxyl groups is 1. The maximum atomic E-state index is 13.5. The van der Waals surface area contributed by atoms with Crippen molar-refractivity contribution in [2.24, 2.45) is 0 Å². The Kier molecular flexibility index (Phi) is 7.51. The Hall–Kier alpha value is -4.43. The van der Waals surface area contributed by atoms with Crippen molar-refractivity contribution < 1.29 is 24.2 Å². The number of ketones is 1. The van der Waals surface area contributed by atoms with Crippen molar-refractivity contribution in [1.82, 2.24) is 9.88 Å². The van der Waals surface area contributed by atoms with Gasteiger partial charge in [0.2, 0.25) is 5.78 Å². The molecule has 8 heteroatoms. The highest BCUT2D eigenvalue weighted by atomic mass is 32.1. The number of rotatable bonds is 10. The van der Waals surface area contributed by atoms with Crippen LogP contribution in [-0.4, -0.2) is 33.3 Å². The Balaban J connectivity index is 1.53. The van der Waals surface area contributed by atoms with E-state index in [1.165, 1.54) is 16.2 Å². The van der Waals surface area contributed by atoms with Crippen LogP contribution in [0.3, 0.4) is 0 Å². The van der Waals surface area contributed by atoms with E-state index in [1.54, 1.807) is 60.2 Å². The number of aliphatic hydroxyl groups excluding tert-OH is 1. The number of hydrogen-bond acceptors (Lipinski definition) is 7. The zero-order valence-corrected chi connectivity index (χ0v) is 21.6. The number of Topliss-reactive ketones (excluding diaryl/α,β-unsaturated/α-hetero) is 1. The Morgan fingerprint density at radius 3 is 2.47 bits per heavy atom. The number of pyridine rings is 1. The average Bonchev–Trinajstić information content (AvgIpc) is 3.57. The second-order valence-electron chi connectivity index (χ2n) is 8.67. The number of amides is 1. The Bertz CT molecular complexity index is 1450. The van der Waals surface area contributed by atoms with Crippen LogP contribution in [0.15, 0.2) is 102 Å². The van der Waals surface area contributed by atoms with Gasteiger partial charge >= 0.3 is 0 Å². The van der Waals surface area contributed by atoms with Gasteiger partial charge in [0, 0.05) is 18.9 Å². The minimum Gasteiger partial charge on any atom is -0.503 e. The molecule has 192 valence electrons. The monoisotopic (exact) mass is 526 g/mol. The zero-order chi connectivity index (χ0) is 26.5. The lowest BCUT2D eigenvalue weighted by atomic mass is 9.95. The molecule has 0 bridgehead atoms. The number of ether oxygens (including phenoxy) is 2. The first-order chi connectivity index (χ1) is 18.6. The molecule has 0 fully saturated rings. The van der Waals surface area contributed by atoms with Gasteiger partial charge < -0.3 is 19.5 Å². The van der Waals surface area contributed by atoms with Crippen molar-refractivity contribution in [3.63, 3.8) is 0 Å². The molecule has 0 saturated heterocycles. The SMILES string of the molecule is CCOc1cc(C2C(C(=O)c3cccs3)=C(O)C(=O)N2Cc2ccncc2)ccc1OCc1ccccc1. The second kappa shape index (κ2) is 11.3. The average molecular weight is 527 g/mol. The van der Waals surface area contributed by atoms with Crippen LogP contribution >= 0.6 is 11.3 Å². The van der Waals surface area contributed by atoms with Crippen LogP contribution in [0.4, 0.5) is 0 Å². The van der Waals surface area contributed by atoms with Crippen molar-refractivity contribution in [2.75, 3.05) is 6.61 Å². The van der Waals surface area contributed by atoms with Gasteiger partial charge in [0.1, 0.15) is 6.61 Å². The largest absolute Gasteiger partial charge is 0.503 e. The molecule has 1 unspecified atom stereocenters. The van der Waals surface area contributed by atoms with Gasteiger partial charge in [-0.2, -0.15) is 0 Å². The van der Waals surface area contributed by atoms with E-state index in [4.69, 9.17) is 9.47 Å². The fraction of sp³-hybridized carbons (Fsp3) is 0.167. The van der Waals surface area contributed by atoms with Gasteiger partial charge in [-0.15, -0.1) is 11.3 Å². The molecule has 0 radical (unpaired) electrons. The molecule has 1 aliphatic heterocycles. The third-order valence-electron chi connectivity index (χ3n) is 6.22. The highest BCUT2D eigenvalue weighted by Gasteiger charge is 2.44. The number of hydrogen-bond donors (Lipinski definition) is 1. The minimum absolute atomic E-state index is 0.0481. The highest BCUT2D eigenvalue weighted by Crippen LogP contribution is 2.43. The van der Waals surface area contributed by atoms with E-state index >= 15 is 0 Å². The number of carbonyl (C=O) groups excluding carboxylic acids is 2. The molecule has 38 heavy (non-hydrogen) atoms. The molecule has 2 aromatic heterocycles. The smallest absolute Gasteiger partial charge is 0.290 e. The van der Waals surface area contributed by atoms with Gasteiger partial charge in [0.05, 0.1) is 23.1 Å². The third kappa shape index (κ3) is 5.17. The molecule has 3 heterocycles. The third-order valence-corrected chi connectivity index (χ3v) is 7.08. The topological polar surface area (TPSA) is 89.0 Å². The van der Waals surface area contributed by atoms with Gasteiger partial charge in [-0.1, -0.05) is 42.5 Å². The van der Waals surface area contributed by atoms with Gasteiger partial charge in [0.15, 0.2) is 17.3 Å². The van der Waals surface area contributed by atoms with Gasteiger partial charge in [-0.05, 0) is 59.3 Å². The number of carbonyl (C=O) groups is 2. The second-order valence-corrected chi connectivity index (χ2v) is 9.62. The molecule has 4 aromatic rings. The maximum Gasteiger partial charge on any atom is 0.290 e. The zero-order valence-electron chi connectivity index (χ0n) is 20.7. The van der Waals surface area contributed by atoms with E-state index in [2.05, 4.69) is 4.98 Å². The summed E-state index contributed by atoms with van der Waals surface area (Å²) in [4.78, 5) is 32.8. The fourth-order valence-electron chi connectivity index (χ4n) is 4.44. The predicted molar refractivity (Wildman–Crippen MR) is 144 cm³/mol. The minimum atomic E-state index is -0.812. The summed E-state index contributed by atoms with van der Waals surface area (Å²) in [5, 5.41) is 12.7. The first-order valence-electron chi connectivity index (χ1n) is 12.2. The predicted octanol–water partition coefficient (Wildman–Crippen LogP) is 5.90. The van der Waals surface area contributed by atoms with E-state index < -0.39 is 17.7 Å². The van der Waals surface area contributed by atoms with Crippen molar-refractivity contribution in [2.45, 2.75) is 26.1 Å². The van der Waals surface area contributed by atoms with E-state index in [0.29, 0.717) is 35.2 Å². The van der Waals surface area contributed by atoms with Crippen molar-refractivity contribution in [3.8, 4) is 11.5 Å². The fourth-order valence-corrected chi connectivity index (χ4v) is 5.12. The molecule has 1 atom stereocenters. The summed E-state index contributed by atoms with van der Waals surface area (Å²) < 4.78 is 12.0. The highest BCUT2D eigenvalue weighted by molar-refractivity contribution is 7.12. The summed E-state index contributed by atoms with van der Waals surface area (Å²) >= 11 is 1.26. The van der Waals surface area contributed by atoms with Gasteiger partial charge in [-0.25, -0.2) is 0 Å². The van der Waals surface area contributed by atoms with Gasteiger partial charge in [0.25, 0.3) is 5.91 Å². The Morgan fingerprint density at radius 1 is 0.974 bits per heavy atom. The van der Waals surface area contributed by atoms with Crippen molar-refractivity contribution in [3.05, 3.63) is 123 Å². The quantitative estimate of drug-likeness (QED) is 0.259. The molecular formula is C30H26N2O5S. The molecule has 1 N–H and O–H groups in total. The summed E-state index contributed by atoms with van der Waals surface area (Å²) in [5.74, 6) is -0.482. The molecule has 7 nitrogen and oxygen atoms in total. The molecule has 0 aliphatic carbocycles. The van der Waals surface area contributed by atoms with E-state index in [0.717, 1.165) is 11.1 Å². The van der Waals surface area contributed by atoms with Crippen LogP contribution < -0.4 is 9.47 Å². The lowest BCUT2D eigenvalue weighted by molar-refractivity contribution is -0.130. The number of nitrogens with zero attached hydrogens (tertiary/aromatic N) is 2. The van der Waals surface area contributed by atoms with Crippen LogP contribution in [0, 0.1) is 0 Å². The molecule has 0 spiro atoms. The van der Waals surface area contributed by atoms with Crippen molar-refractivity contribution in [1.29, 1.82) is 0 Å². The summed E-state index contributed by atoms with van der Waals surface area (Å²) in [6, 6.07) is 21.4. The number of aromatic nitrogens is 1. The molecule has 1 aliphatic rings. The number of thiophene rings is 1. The molecule has 5 rings (SSSR count). The molecule has 2 aromatic carbocycles. The summed E-state index contributed by atoms with van der Waals surface area (Å²) in [6.45, 7) is 2.82. The van der Waals surface area contributed by atoms with Crippen LogP contribution in [0.25, 0.3) is 0 Å². The normalized spacial score (nSPS) is 15.1. The first kappa shape index (κ1) is 25.2. The standard InChI is InChI=1S/C30H26N2O5S/c1-2-36-24-17-22(10-11-23(24)37-19-21-7-4-3-5-8-21)27-26(28(33)25-9-6-16-38-25)29(34)30(35)32(27)18-20-12-14-31-15-13-20/h3-17,27,34H,2,18-19H2,1H3. The Labute approximate surface area is 224 Å². The van der Waals surface area contributed by atoms with E-state index in [-0.39, 0.29) is 17.9 Å². The van der Waals surface area contributed by atoms with Crippen LogP contribution in [0.2, 0.25) is 0 Å². The van der Waals surface area contributed by atoms with E-state index in [9.17, 15) is 14.7 Å². The van der Waals surface area contributed by atoms with Crippen LogP contribution in [0.5, 0.6) is 11.5 Å². The first-order valence-corrected chi connectivity index (χ1v) is 13.1. The van der Waals surface area contributed by atoms with Gasteiger partial charge in [-0.3, -0.25) is 14.6 Å². The van der Waals surface area contributed by atoms with Crippen molar-refractivity contribution >= 4 is 23.0 Å². The molecule has 1 amide bonds. The summed E-state index contributed by atoms with van der Waals surface area (Å²) in [6.07, 6.45) is 3.28. The lowest BCUT2D eigenvalue weighted by Gasteiger charge is -2.27. The number of benzene rings is 2. The molecular weight excluding hydrogens is 500 g/mol. The summed E-state index contributed by atoms with van der Waals surface area (Å²) in [7, 11) is 0. The summed E-state index contributed by atoms with van der Waals surface area (Å²) in [5.41, 5.74) is 2.52. The van der Waals surface area contributed by atoms with E-state index in [1.807, 2.05) is 37.3 Å². The van der Waals surface area contributed by atoms with Crippen LogP contribution in [-0.2, 0) is 17.9 Å². The maximum absolute atomic E-state index is 13.5. The van der Waals surface area contributed by atoms with Crippen LogP contribution in [0.1, 0.15) is 39.3 Å². The lowest BCUT2D eigenvalue weighted by Crippen LogP contribution is -2.30. The Morgan fingerprint density at radius 2 is 1.76 bits per heavy atom.